The van der Waals surface area contributed by atoms with Crippen molar-refractivity contribution in [3.63, 3.8) is 0 Å². The minimum absolute atomic E-state index is 0.265. The Balaban J connectivity index is 5.22. The highest BCUT2D eigenvalue weighted by Crippen LogP contribution is 2.12. The van der Waals surface area contributed by atoms with Gasteiger partial charge in [0, 0.05) is 0 Å². The molecule has 0 atom stereocenters. The molecule has 8 heteroatoms. The van der Waals surface area contributed by atoms with Crippen LogP contribution in [-0.2, 0) is 38.1 Å². The summed E-state index contributed by atoms with van der Waals surface area (Å²) in [7, 11) is 4.36. The lowest BCUT2D eigenvalue weighted by Crippen LogP contribution is -2.26. The first kappa shape index (κ1) is 17.6. The lowest BCUT2D eigenvalue weighted by molar-refractivity contribution is -0.159. The third-order valence-electron chi connectivity index (χ3n) is 2.34. The van der Waals surface area contributed by atoms with Crippen LogP contribution in [0.4, 0.5) is 0 Å². The molecular weight excluding hydrogens is 272 g/mol. The first-order chi connectivity index (χ1) is 9.42. The fourth-order valence-electron chi connectivity index (χ4n) is 1.28. The summed E-state index contributed by atoms with van der Waals surface area (Å²) < 4.78 is 17.7. The number of rotatable bonds is 6. The van der Waals surface area contributed by atoms with Gasteiger partial charge in [-0.15, -0.1) is 0 Å². The number of allylic oxidation sites excluding steroid dienone is 1. The largest absolute Gasteiger partial charge is 0.468 e. The molecule has 0 bridgehead atoms. The normalized spacial score (nSPS) is 9.45. The second kappa shape index (κ2) is 8.68. The molecular formula is C12H16O8. The van der Waals surface area contributed by atoms with Crippen LogP contribution in [0.15, 0.2) is 11.6 Å². The van der Waals surface area contributed by atoms with E-state index >= 15 is 0 Å². The number of carbonyl (C=O) groups excluding carboxylic acids is 4. The van der Waals surface area contributed by atoms with Crippen molar-refractivity contribution < 1.29 is 38.1 Å². The number of ether oxygens (including phenoxy) is 4. The maximum absolute atomic E-state index is 11.4. The minimum Gasteiger partial charge on any atom is -0.468 e. The molecule has 0 radical (unpaired) electrons. The predicted octanol–water partition coefficient (Wildman–Crippen LogP) is -0.389. The van der Waals surface area contributed by atoms with Crippen LogP contribution in [0.25, 0.3) is 0 Å². The average molecular weight is 288 g/mol. The monoisotopic (exact) mass is 288 g/mol. The summed E-state index contributed by atoms with van der Waals surface area (Å²) in [5.74, 6) is -4.85. The Hall–Kier alpha value is -2.38. The van der Waals surface area contributed by atoms with E-state index in [9.17, 15) is 19.2 Å². The predicted molar refractivity (Wildman–Crippen MR) is 64.3 cm³/mol. The van der Waals surface area contributed by atoms with E-state index in [4.69, 9.17) is 0 Å². The summed E-state index contributed by atoms with van der Waals surface area (Å²) in [6.07, 6.45) is 0.801. The van der Waals surface area contributed by atoms with Gasteiger partial charge in [0.25, 0.3) is 0 Å². The van der Waals surface area contributed by atoms with Gasteiger partial charge in [-0.25, -0.2) is 9.59 Å². The molecule has 0 heterocycles. The average Bonchev–Trinajstić information content (AvgIpc) is 2.48. The van der Waals surface area contributed by atoms with Crippen molar-refractivity contribution in [1.29, 1.82) is 0 Å². The summed E-state index contributed by atoms with van der Waals surface area (Å²) in [4.78, 5) is 45.6. The van der Waals surface area contributed by atoms with Crippen molar-refractivity contribution in [2.24, 2.45) is 5.92 Å². The highest BCUT2D eigenvalue weighted by Gasteiger charge is 2.29. The summed E-state index contributed by atoms with van der Waals surface area (Å²) >= 11 is 0. The zero-order chi connectivity index (χ0) is 15.7. The molecule has 112 valence electrons. The van der Waals surface area contributed by atoms with Crippen LogP contribution in [0.1, 0.15) is 6.42 Å². The first-order valence-corrected chi connectivity index (χ1v) is 5.45. The number of hydrogen-bond acceptors (Lipinski definition) is 8. The van der Waals surface area contributed by atoms with E-state index in [-0.39, 0.29) is 6.42 Å². The lowest BCUT2D eigenvalue weighted by Gasteiger charge is -2.10. The molecule has 0 aromatic rings. The second-order valence-corrected chi connectivity index (χ2v) is 3.44. The molecule has 0 rings (SSSR count). The third kappa shape index (κ3) is 4.71. The highest BCUT2D eigenvalue weighted by molar-refractivity contribution is 6.14. The molecule has 0 saturated carbocycles. The molecule has 0 N–H and O–H groups in total. The SMILES string of the molecule is COC(=O)C(=CCC(C(=O)OC)C(=O)OC)C(=O)OC. The maximum Gasteiger partial charge on any atom is 0.344 e. The van der Waals surface area contributed by atoms with Gasteiger partial charge in [-0.3, -0.25) is 9.59 Å². The Morgan fingerprint density at radius 1 is 0.800 bits per heavy atom. The summed E-state index contributed by atoms with van der Waals surface area (Å²) in [5.41, 5.74) is -0.423. The Morgan fingerprint density at radius 3 is 1.50 bits per heavy atom. The summed E-state index contributed by atoms with van der Waals surface area (Å²) in [6.45, 7) is 0. The standard InChI is InChI=1S/C12H16O8/c1-17-9(13)7(10(14)18-2)5-6-8(11(15)19-3)12(16)20-4/h5,8H,6H2,1-4H3. The van der Waals surface area contributed by atoms with Crippen molar-refractivity contribution in [2.75, 3.05) is 28.4 Å². The fraction of sp³-hybridized carbons (Fsp3) is 0.500. The van der Waals surface area contributed by atoms with Crippen LogP contribution in [0.5, 0.6) is 0 Å². The molecule has 20 heavy (non-hydrogen) atoms. The van der Waals surface area contributed by atoms with Gasteiger partial charge in [0.1, 0.15) is 5.57 Å². The van der Waals surface area contributed by atoms with E-state index in [1.165, 1.54) is 0 Å². The molecule has 0 aliphatic heterocycles. The van der Waals surface area contributed by atoms with Crippen LogP contribution in [0.2, 0.25) is 0 Å². The molecule has 0 aromatic carbocycles. The number of esters is 4. The Labute approximate surface area is 115 Å². The number of methoxy groups -OCH3 is 4. The summed E-state index contributed by atoms with van der Waals surface area (Å²) in [6, 6.07) is 0. The van der Waals surface area contributed by atoms with Crippen molar-refractivity contribution in [1.82, 2.24) is 0 Å². The van der Waals surface area contributed by atoms with Gasteiger partial charge in [0.05, 0.1) is 28.4 Å². The van der Waals surface area contributed by atoms with Crippen molar-refractivity contribution in [2.45, 2.75) is 6.42 Å². The summed E-state index contributed by atoms with van der Waals surface area (Å²) in [5, 5.41) is 0. The molecule has 0 aliphatic carbocycles. The maximum atomic E-state index is 11.4. The van der Waals surface area contributed by atoms with Gasteiger partial charge in [0.2, 0.25) is 0 Å². The van der Waals surface area contributed by atoms with Gasteiger partial charge >= 0.3 is 23.9 Å². The molecule has 0 unspecified atom stereocenters. The Bertz CT molecular complexity index is 389. The van der Waals surface area contributed by atoms with Gasteiger partial charge in [-0.1, -0.05) is 6.08 Å². The zero-order valence-electron chi connectivity index (χ0n) is 11.6. The smallest absolute Gasteiger partial charge is 0.344 e. The molecule has 0 aromatic heterocycles. The first-order valence-electron chi connectivity index (χ1n) is 5.45. The molecule has 0 aliphatic rings. The van der Waals surface area contributed by atoms with E-state index in [1.54, 1.807) is 0 Å². The van der Waals surface area contributed by atoms with E-state index in [2.05, 4.69) is 18.9 Å². The van der Waals surface area contributed by atoms with Gasteiger partial charge in [0.15, 0.2) is 5.92 Å². The van der Waals surface area contributed by atoms with Gasteiger partial charge in [-0.2, -0.15) is 0 Å². The molecule has 0 fully saturated rings. The van der Waals surface area contributed by atoms with E-state index in [0.29, 0.717) is 0 Å². The van der Waals surface area contributed by atoms with Crippen molar-refractivity contribution in [3.8, 4) is 0 Å². The topological polar surface area (TPSA) is 105 Å². The van der Waals surface area contributed by atoms with E-state index in [0.717, 1.165) is 34.5 Å². The lowest BCUT2D eigenvalue weighted by atomic mass is 10.0. The molecule has 0 saturated heterocycles. The van der Waals surface area contributed by atoms with Crippen LogP contribution < -0.4 is 0 Å². The van der Waals surface area contributed by atoms with Gasteiger partial charge < -0.3 is 18.9 Å². The van der Waals surface area contributed by atoms with Crippen molar-refractivity contribution in [3.05, 3.63) is 11.6 Å². The van der Waals surface area contributed by atoms with Crippen LogP contribution in [0.3, 0.4) is 0 Å². The quantitative estimate of drug-likeness (QED) is 0.214. The highest BCUT2D eigenvalue weighted by atomic mass is 16.5. The Morgan fingerprint density at radius 2 is 1.20 bits per heavy atom. The van der Waals surface area contributed by atoms with E-state index in [1.807, 2.05) is 0 Å². The third-order valence-corrected chi connectivity index (χ3v) is 2.34. The van der Waals surface area contributed by atoms with Crippen LogP contribution in [-0.4, -0.2) is 52.3 Å². The van der Waals surface area contributed by atoms with Crippen molar-refractivity contribution >= 4 is 23.9 Å². The molecule has 8 nitrogen and oxygen atoms in total. The molecule has 0 amide bonds. The fourth-order valence-corrected chi connectivity index (χ4v) is 1.28. The van der Waals surface area contributed by atoms with E-state index < -0.39 is 35.4 Å². The second-order valence-electron chi connectivity index (χ2n) is 3.44. The number of carbonyl (C=O) groups is 4. The minimum atomic E-state index is -1.28. The Kier molecular flexibility index (Phi) is 7.64. The van der Waals surface area contributed by atoms with Gasteiger partial charge in [-0.05, 0) is 6.42 Å². The van der Waals surface area contributed by atoms with Crippen LogP contribution >= 0.6 is 0 Å². The van der Waals surface area contributed by atoms with Crippen LogP contribution in [0, 0.1) is 5.92 Å². The molecule has 0 spiro atoms. The zero-order valence-corrected chi connectivity index (χ0v) is 11.6. The number of hydrogen-bond donors (Lipinski definition) is 0.